The van der Waals surface area contributed by atoms with E-state index in [0.717, 1.165) is 37.2 Å². The van der Waals surface area contributed by atoms with E-state index in [0.29, 0.717) is 10.0 Å². The molecule has 5 heteroatoms. The summed E-state index contributed by atoms with van der Waals surface area (Å²) >= 11 is 11.3. The molecule has 0 aromatic heterocycles. The summed E-state index contributed by atoms with van der Waals surface area (Å²) in [6.07, 6.45) is 2.17. The fourth-order valence-electron chi connectivity index (χ4n) is 2.49. The van der Waals surface area contributed by atoms with Crippen LogP contribution >= 0.6 is 23.8 Å². The van der Waals surface area contributed by atoms with Crippen molar-refractivity contribution in [3.8, 4) is 0 Å². The fraction of sp³-hybridized carbons (Fsp3) is 0.500. The Morgan fingerprint density at radius 3 is 2.84 bits per heavy atom. The lowest BCUT2D eigenvalue weighted by Crippen LogP contribution is -2.47. The molecule has 2 rings (SSSR count). The van der Waals surface area contributed by atoms with Crippen molar-refractivity contribution >= 4 is 34.5 Å². The quantitative estimate of drug-likeness (QED) is 0.871. The molecule has 0 aliphatic carbocycles. The first-order chi connectivity index (χ1) is 8.95. The number of hydrogen-bond donors (Lipinski definition) is 1. The Balaban J connectivity index is 2.24. The van der Waals surface area contributed by atoms with Crippen LogP contribution in [0.3, 0.4) is 0 Å². The molecule has 1 saturated heterocycles. The number of hydrogen-bond acceptors (Lipinski definition) is 3. The van der Waals surface area contributed by atoms with Gasteiger partial charge in [0.05, 0.1) is 16.3 Å². The van der Waals surface area contributed by atoms with Crippen molar-refractivity contribution < 1.29 is 4.74 Å². The molecule has 3 nitrogen and oxygen atoms in total. The summed E-state index contributed by atoms with van der Waals surface area (Å²) in [6.45, 7) is 3.97. The van der Waals surface area contributed by atoms with Gasteiger partial charge < -0.3 is 15.4 Å². The molecular weight excluding hydrogens is 280 g/mol. The summed E-state index contributed by atoms with van der Waals surface area (Å²) in [5, 5.41) is 0.686. The van der Waals surface area contributed by atoms with Crippen molar-refractivity contribution in [1.82, 2.24) is 0 Å². The van der Waals surface area contributed by atoms with E-state index >= 15 is 0 Å². The Bertz CT molecular complexity index is 494. The number of rotatable bonds is 3. The van der Waals surface area contributed by atoms with Gasteiger partial charge in [-0.05, 0) is 38.0 Å². The summed E-state index contributed by atoms with van der Waals surface area (Å²) in [5.74, 6) is 0. The molecule has 1 atom stereocenters. The second-order valence-corrected chi connectivity index (χ2v) is 6.06. The number of methoxy groups -OCH3 is 1. The van der Waals surface area contributed by atoms with E-state index in [-0.39, 0.29) is 5.60 Å². The maximum Gasteiger partial charge on any atom is 0.104 e. The lowest BCUT2D eigenvalue weighted by atomic mass is 9.94. The zero-order valence-electron chi connectivity index (χ0n) is 11.3. The maximum atomic E-state index is 6.35. The zero-order valence-corrected chi connectivity index (χ0v) is 12.9. The second-order valence-electron chi connectivity index (χ2n) is 5.21. The first-order valence-electron chi connectivity index (χ1n) is 6.35. The van der Waals surface area contributed by atoms with Gasteiger partial charge in [-0.1, -0.05) is 23.8 Å². The number of anilines is 1. The van der Waals surface area contributed by atoms with Crippen LogP contribution in [0.15, 0.2) is 18.2 Å². The minimum atomic E-state index is -0.108. The van der Waals surface area contributed by atoms with Gasteiger partial charge in [-0.3, -0.25) is 0 Å². The number of nitrogens with zero attached hydrogens (tertiary/aromatic N) is 1. The molecule has 0 amide bonds. The third kappa shape index (κ3) is 3.19. The Morgan fingerprint density at radius 2 is 2.26 bits per heavy atom. The molecule has 1 aromatic carbocycles. The summed E-state index contributed by atoms with van der Waals surface area (Å²) < 4.78 is 5.61. The number of halogens is 1. The Hall–Kier alpha value is -0.840. The summed E-state index contributed by atoms with van der Waals surface area (Å²) in [7, 11) is 1.76. The third-order valence-electron chi connectivity index (χ3n) is 3.72. The predicted molar refractivity (Wildman–Crippen MR) is 84.2 cm³/mol. The van der Waals surface area contributed by atoms with Crippen LogP contribution in [0.4, 0.5) is 5.69 Å². The molecule has 1 aromatic rings. The van der Waals surface area contributed by atoms with Gasteiger partial charge in [-0.2, -0.15) is 0 Å². The maximum absolute atomic E-state index is 6.35. The van der Waals surface area contributed by atoms with Crippen LogP contribution in [0.5, 0.6) is 0 Å². The van der Waals surface area contributed by atoms with Crippen LogP contribution in [-0.4, -0.2) is 30.8 Å². The van der Waals surface area contributed by atoms with Gasteiger partial charge >= 0.3 is 0 Å². The van der Waals surface area contributed by atoms with Crippen molar-refractivity contribution in [3.63, 3.8) is 0 Å². The smallest absolute Gasteiger partial charge is 0.104 e. The van der Waals surface area contributed by atoms with Gasteiger partial charge in [-0.15, -0.1) is 0 Å². The number of benzene rings is 1. The molecule has 19 heavy (non-hydrogen) atoms. The van der Waals surface area contributed by atoms with Gasteiger partial charge in [0, 0.05) is 25.8 Å². The standard InChI is InChI=1S/C14H19ClN2OS/c1-14(18-2)6-3-7-17(9-14)12-5-4-10(13(16)19)8-11(12)15/h4-5,8H,3,6-7,9H2,1-2H3,(H2,16,19). The number of ether oxygens (including phenoxy) is 1. The summed E-state index contributed by atoms with van der Waals surface area (Å²) in [4.78, 5) is 2.63. The molecule has 1 fully saturated rings. The van der Waals surface area contributed by atoms with Gasteiger partial charge in [0.1, 0.15) is 4.99 Å². The average Bonchev–Trinajstić information content (AvgIpc) is 2.38. The normalized spacial score (nSPS) is 23.4. The van der Waals surface area contributed by atoms with Crippen molar-refractivity contribution in [3.05, 3.63) is 28.8 Å². The first-order valence-corrected chi connectivity index (χ1v) is 7.13. The van der Waals surface area contributed by atoms with E-state index in [1.165, 1.54) is 0 Å². The largest absolute Gasteiger partial charge is 0.389 e. The van der Waals surface area contributed by atoms with Crippen LogP contribution in [0, 0.1) is 0 Å². The van der Waals surface area contributed by atoms with Crippen molar-refractivity contribution in [2.24, 2.45) is 5.73 Å². The SMILES string of the molecule is COC1(C)CCCN(c2ccc(C(N)=S)cc2Cl)C1. The summed E-state index contributed by atoms with van der Waals surface area (Å²) in [6, 6.07) is 5.73. The zero-order chi connectivity index (χ0) is 14.0. The lowest BCUT2D eigenvalue weighted by Gasteiger charge is -2.41. The van der Waals surface area contributed by atoms with Crippen LogP contribution in [0.25, 0.3) is 0 Å². The van der Waals surface area contributed by atoms with Crippen LogP contribution < -0.4 is 10.6 Å². The molecule has 104 valence electrons. The fourth-order valence-corrected chi connectivity index (χ4v) is 2.92. The van der Waals surface area contributed by atoms with Crippen molar-refractivity contribution in [2.75, 3.05) is 25.1 Å². The molecule has 1 heterocycles. The van der Waals surface area contributed by atoms with E-state index in [4.69, 9.17) is 34.3 Å². The van der Waals surface area contributed by atoms with E-state index in [2.05, 4.69) is 11.8 Å². The van der Waals surface area contributed by atoms with E-state index < -0.39 is 0 Å². The highest BCUT2D eigenvalue weighted by molar-refractivity contribution is 7.80. The molecule has 0 spiro atoms. The topological polar surface area (TPSA) is 38.5 Å². The highest BCUT2D eigenvalue weighted by Gasteiger charge is 2.31. The van der Waals surface area contributed by atoms with Gasteiger partial charge in [0.15, 0.2) is 0 Å². The monoisotopic (exact) mass is 298 g/mol. The van der Waals surface area contributed by atoms with Crippen LogP contribution in [-0.2, 0) is 4.74 Å². The molecule has 0 saturated carbocycles. The number of piperidine rings is 1. The van der Waals surface area contributed by atoms with E-state index in [1.54, 1.807) is 7.11 Å². The Morgan fingerprint density at radius 1 is 1.53 bits per heavy atom. The highest BCUT2D eigenvalue weighted by atomic mass is 35.5. The lowest BCUT2D eigenvalue weighted by molar-refractivity contribution is -0.00464. The number of thiocarbonyl (C=S) groups is 1. The summed E-state index contributed by atoms with van der Waals surface area (Å²) in [5.41, 5.74) is 7.33. The third-order valence-corrected chi connectivity index (χ3v) is 4.26. The molecule has 1 unspecified atom stereocenters. The Kier molecular flexibility index (Phi) is 4.33. The average molecular weight is 299 g/mol. The molecule has 1 aliphatic heterocycles. The molecular formula is C14H19ClN2OS. The molecule has 0 radical (unpaired) electrons. The molecule has 0 bridgehead atoms. The number of nitrogens with two attached hydrogens (primary N) is 1. The molecule has 2 N–H and O–H groups in total. The van der Waals surface area contributed by atoms with E-state index in [9.17, 15) is 0 Å². The van der Waals surface area contributed by atoms with Crippen LogP contribution in [0.1, 0.15) is 25.3 Å². The van der Waals surface area contributed by atoms with Gasteiger partial charge in [0.2, 0.25) is 0 Å². The minimum Gasteiger partial charge on any atom is -0.389 e. The van der Waals surface area contributed by atoms with E-state index in [1.807, 2.05) is 18.2 Å². The van der Waals surface area contributed by atoms with Gasteiger partial charge in [0.25, 0.3) is 0 Å². The first kappa shape index (κ1) is 14.6. The van der Waals surface area contributed by atoms with Crippen molar-refractivity contribution in [2.45, 2.75) is 25.4 Å². The van der Waals surface area contributed by atoms with Crippen LogP contribution in [0.2, 0.25) is 5.02 Å². The Labute approximate surface area is 124 Å². The second kappa shape index (κ2) is 5.65. The van der Waals surface area contributed by atoms with Crippen molar-refractivity contribution in [1.29, 1.82) is 0 Å². The minimum absolute atomic E-state index is 0.108. The molecule has 1 aliphatic rings. The van der Waals surface area contributed by atoms with Gasteiger partial charge in [-0.25, -0.2) is 0 Å². The predicted octanol–water partition coefficient (Wildman–Crippen LogP) is 2.98. The highest BCUT2D eigenvalue weighted by Crippen LogP contribution is 2.32.